The molecule has 0 saturated carbocycles. The second-order valence-electron chi connectivity index (χ2n) is 6.08. The average Bonchev–Trinajstić information content (AvgIpc) is 2.67. The highest BCUT2D eigenvalue weighted by Gasteiger charge is 2.15. The molecular formula is C20H21N5O. The van der Waals surface area contributed by atoms with Crippen LogP contribution >= 0.6 is 0 Å². The molecule has 132 valence electrons. The maximum Gasteiger partial charge on any atom is 0.272 e. The molecule has 6 nitrogen and oxygen atoms in total. The predicted molar refractivity (Wildman–Crippen MR) is 101 cm³/mol. The molecule has 1 N–H and O–H groups in total. The summed E-state index contributed by atoms with van der Waals surface area (Å²) >= 11 is 0. The molecule has 26 heavy (non-hydrogen) atoms. The number of amides is 1. The highest BCUT2D eigenvalue weighted by atomic mass is 16.2. The second-order valence-corrected chi connectivity index (χ2v) is 6.08. The van der Waals surface area contributed by atoms with Gasteiger partial charge in [0.25, 0.3) is 5.91 Å². The minimum Gasteiger partial charge on any atom is -0.350 e. The average molecular weight is 347 g/mol. The van der Waals surface area contributed by atoms with Crippen molar-refractivity contribution in [1.29, 1.82) is 0 Å². The Morgan fingerprint density at radius 1 is 1.08 bits per heavy atom. The van der Waals surface area contributed by atoms with Crippen LogP contribution in [0.5, 0.6) is 0 Å². The number of rotatable bonds is 6. The number of aromatic nitrogens is 3. The standard InChI is InChI=1S/C20H21N5O/c1-15-11-18(19(26)25(2)14-16-7-4-3-5-8-16)24-20(23-15)22-13-17-9-6-10-21-12-17/h3-12H,13-14H2,1-2H3,(H,22,23,24). The fraction of sp³-hybridized carbons (Fsp3) is 0.200. The van der Waals surface area contributed by atoms with Gasteiger partial charge in [-0.1, -0.05) is 36.4 Å². The lowest BCUT2D eigenvalue weighted by atomic mass is 10.2. The fourth-order valence-electron chi connectivity index (χ4n) is 2.57. The highest BCUT2D eigenvalue weighted by Crippen LogP contribution is 2.11. The van der Waals surface area contributed by atoms with Gasteiger partial charge in [0.15, 0.2) is 0 Å². The Morgan fingerprint density at radius 2 is 1.85 bits per heavy atom. The summed E-state index contributed by atoms with van der Waals surface area (Å²) in [6.07, 6.45) is 3.51. The molecule has 6 heteroatoms. The lowest BCUT2D eigenvalue weighted by Crippen LogP contribution is -2.27. The zero-order valence-corrected chi connectivity index (χ0v) is 14.9. The van der Waals surface area contributed by atoms with Crippen LogP contribution in [-0.2, 0) is 13.1 Å². The zero-order valence-electron chi connectivity index (χ0n) is 14.9. The van der Waals surface area contributed by atoms with Gasteiger partial charge in [0.1, 0.15) is 5.69 Å². The number of hydrogen-bond donors (Lipinski definition) is 1. The molecule has 2 aromatic heterocycles. The normalized spacial score (nSPS) is 10.4. The summed E-state index contributed by atoms with van der Waals surface area (Å²) in [5.74, 6) is 0.300. The number of nitrogens with one attached hydrogen (secondary N) is 1. The molecule has 3 aromatic rings. The summed E-state index contributed by atoms with van der Waals surface area (Å²) in [5.41, 5.74) is 3.21. The van der Waals surface area contributed by atoms with E-state index >= 15 is 0 Å². The van der Waals surface area contributed by atoms with Crippen molar-refractivity contribution in [1.82, 2.24) is 19.9 Å². The van der Waals surface area contributed by atoms with Crippen molar-refractivity contribution in [3.8, 4) is 0 Å². The van der Waals surface area contributed by atoms with Gasteiger partial charge < -0.3 is 10.2 Å². The molecule has 0 spiro atoms. The Balaban J connectivity index is 1.70. The number of pyridine rings is 1. The second kappa shape index (κ2) is 8.20. The van der Waals surface area contributed by atoms with Gasteiger partial charge in [0, 0.05) is 38.2 Å². The van der Waals surface area contributed by atoms with Crippen molar-refractivity contribution >= 4 is 11.9 Å². The molecule has 0 aliphatic rings. The number of benzene rings is 1. The predicted octanol–water partition coefficient (Wildman–Crippen LogP) is 3.06. The van der Waals surface area contributed by atoms with Gasteiger partial charge in [-0.15, -0.1) is 0 Å². The van der Waals surface area contributed by atoms with Crippen molar-refractivity contribution in [3.63, 3.8) is 0 Å². The van der Waals surface area contributed by atoms with Gasteiger partial charge in [-0.25, -0.2) is 9.97 Å². The summed E-state index contributed by atoms with van der Waals surface area (Å²) in [4.78, 5) is 27.2. The van der Waals surface area contributed by atoms with Crippen LogP contribution in [0.25, 0.3) is 0 Å². The first-order chi connectivity index (χ1) is 12.6. The number of anilines is 1. The molecule has 0 saturated heterocycles. The van der Waals surface area contributed by atoms with E-state index in [0.717, 1.165) is 16.8 Å². The topological polar surface area (TPSA) is 71.0 Å². The van der Waals surface area contributed by atoms with Crippen LogP contribution in [0.2, 0.25) is 0 Å². The third-order valence-electron chi connectivity index (χ3n) is 3.86. The molecule has 0 unspecified atom stereocenters. The number of hydrogen-bond acceptors (Lipinski definition) is 5. The lowest BCUT2D eigenvalue weighted by Gasteiger charge is -2.17. The molecule has 1 aromatic carbocycles. The zero-order chi connectivity index (χ0) is 18.4. The fourth-order valence-corrected chi connectivity index (χ4v) is 2.57. The minimum atomic E-state index is -0.135. The van der Waals surface area contributed by atoms with Crippen molar-refractivity contribution < 1.29 is 4.79 Å². The van der Waals surface area contributed by atoms with Crippen LogP contribution in [0.15, 0.2) is 60.9 Å². The van der Waals surface area contributed by atoms with E-state index in [1.807, 2.05) is 49.4 Å². The molecular weight excluding hydrogens is 326 g/mol. The number of aryl methyl sites for hydroxylation is 1. The monoisotopic (exact) mass is 347 g/mol. The van der Waals surface area contributed by atoms with Gasteiger partial charge in [-0.2, -0.15) is 0 Å². The summed E-state index contributed by atoms with van der Waals surface area (Å²) in [5, 5.41) is 3.15. The van der Waals surface area contributed by atoms with Crippen LogP contribution < -0.4 is 5.32 Å². The van der Waals surface area contributed by atoms with Gasteiger partial charge >= 0.3 is 0 Å². The molecule has 0 atom stereocenters. The van der Waals surface area contributed by atoms with Crippen molar-refractivity contribution in [2.75, 3.05) is 12.4 Å². The third-order valence-corrected chi connectivity index (χ3v) is 3.86. The van der Waals surface area contributed by atoms with Crippen molar-refractivity contribution in [2.45, 2.75) is 20.0 Å². The van der Waals surface area contributed by atoms with Crippen LogP contribution in [-0.4, -0.2) is 32.8 Å². The largest absolute Gasteiger partial charge is 0.350 e. The van der Waals surface area contributed by atoms with E-state index in [-0.39, 0.29) is 5.91 Å². The van der Waals surface area contributed by atoms with Crippen LogP contribution in [0.1, 0.15) is 27.3 Å². The number of nitrogens with zero attached hydrogens (tertiary/aromatic N) is 4. The van der Waals surface area contributed by atoms with Crippen LogP contribution in [0.3, 0.4) is 0 Å². The summed E-state index contributed by atoms with van der Waals surface area (Å²) < 4.78 is 0. The van der Waals surface area contributed by atoms with Gasteiger partial charge in [-0.05, 0) is 30.2 Å². The third kappa shape index (κ3) is 4.63. The number of carbonyl (C=O) groups excluding carboxylic acids is 1. The van der Waals surface area contributed by atoms with E-state index in [1.165, 1.54) is 0 Å². The molecule has 3 rings (SSSR count). The Morgan fingerprint density at radius 3 is 2.58 bits per heavy atom. The van der Waals surface area contributed by atoms with E-state index in [2.05, 4.69) is 20.3 Å². The first kappa shape index (κ1) is 17.5. The van der Waals surface area contributed by atoms with E-state index in [4.69, 9.17) is 0 Å². The van der Waals surface area contributed by atoms with Crippen molar-refractivity contribution in [3.05, 3.63) is 83.4 Å². The number of carbonyl (C=O) groups is 1. The van der Waals surface area contributed by atoms with E-state index in [1.54, 1.807) is 30.4 Å². The maximum atomic E-state index is 12.7. The van der Waals surface area contributed by atoms with Gasteiger partial charge in [0.05, 0.1) is 0 Å². The van der Waals surface area contributed by atoms with Crippen LogP contribution in [0.4, 0.5) is 5.95 Å². The molecule has 0 aliphatic heterocycles. The lowest BCUT2D eigenvalue weighted by molar-refractivity contribution is 0.0779. The summed E-state index contributed by atoms with van der Waals surface area (Å²) in [6.45, 7) is 2.93. The van der Waals surface area contributed by atoms with Crippen molar-refractivity contribution in [2.24, 2.45) is 0 Å². The summed E-state index contributed by atoms with van der Waals surface area (Å²) in [6, 6.07) is 15.4. The Bertz CT molecular complexity index is 868. The van der Waals surface area contributed by atoms with E-state index in [0.29, 0.717) is 24.7 Å². The Labute approximate surface area is 153 Å². The molecule has 0 bridgehead atoms. The smallest absolute Gasteiger partial charge is 0.272 e. The minimum absolute atomic E-state index is 0.135. The molecule has 0 aliphatic carbocycles. The first-order valence-corrected chi connectivity index (χ1v) is 8.39. The summed E-state index contributed by atoms with van der Waals surface area (Å²) in [7, 11) is 1.77. The Kier molecular flexibility index (Phi) is 5.53. The molecule has 2 heterocycles. The Hall–Kier alpha value is -3.28. The first-order valence-electron chi connectivity index (χ1n) is 8.39. The van der Waals surface area contributed by atoms with Crippen LogP contribution in [0, 0.1) is 6.92 Å². The maximum absolute atomic E-state index is 12.7. The quantitative estimate of drug-likeness (QED) is 0.742. The van der Waals surface area contributed by atoms with Gasteiger partial charge in [-0.3, -0.25) is 9.78 Å². The van der Waals surface area contributed by atoms with Gasteiger partial charge in [0.2, 0.25) is 5.95 Å². The molecule has 0 fully saturated rings. The molecule has 1 amide bonds. The van der Waals surface area contributed by atoms with E-state index in [9.17, 15) is 4.79 Å². The molecule has 0 radical (unpaired) electrons. The van der Waals surface area contributed by atoms with E-state index < -0.39 is 0 Å². The highest BCUT2D eigenvalue weighted by molar-refractivity contribution is 5.92. The SMILES string of the molecule is Cc1cc(C(=O)N(C)Cc2ccccc2)nc(NCc2cccnc2)n1.